The maximum absolute atomic E-state index is 9.92. The average molecular weight is 240 g/mol. The number of rotatable bonds is 5. The number of phenolic OH excluding ortho intramolecular Hbond substituents is 1. The third kappa shape index (κ3) is 3.33. The lowest BCUT2D eigenvalue weighted by Crippen LogP contribution is -2.16. The van der Waals surface area contributed by atoms with E-state index in [1.807, 2.05) is 19.0 Å². The van der Waals surface area contributed by atoms with E-state index in [-0.39, 0.29) is 12.4 Å². The Morgan fingerprint density at radius 3 is 2.53 bits per heavy atom. The molecule has 0 bridgehead atoms. The van der Waals surface area contributed by atoms with Crippen LogP contribution < -0.4 is 10.5 Å². The van der Waals surface area contributed by atoms with Gasteiger partial charge in [-0.25, -0.2) is 0 Å². The molecule has 0 aromatic heterocycles. The summed E-state index contributed by atoms with van der Waals surface area (Å²) < 4.78 is 5.10. The Bertz CT molecular complexity index is 380. The number of aliphatic hydroxyl groups excluding tert-OH is 1. The molecular weight excluding hydrogens is 220 g/mol. The summed E-state index contributed by atoms with van der Waals surface area (Å²) in [5.74, 6) is 0.375. The molecule has 1 aromatic carbocycles. The van der Waals surface area contributed by atoms with Crippen molar-refractivity contribution in [1.82, 2.24) is 4.90 Å². The predicted molar refractivity (Wildman–Crippen MR) is 66.1 cm³/mol. The molecular formula is C12H20N2O3. The minimum atomic E-state index is -0.606. The number of phenols is 1. The zero-order valence-electron chi connectivity index (χ0n) is 10.5. The molecule has 0 aliphatic rings. The van der Waals surface area contributed by atoms with Crippen molar-refractivity contribution in [2.75, 3.05) is 27.8 Å². The molecule has 1 atom stereocenters. The van der Waals surface area contributed by atoms with Crippen molar-refractivity contribution in [3.8, 4) is 11.5 Å². The lowest BCUT2D eigenvalue weighted by molar-refractivity contribution is 0.264. The van der Waals surface area contributed by atoms with Crippen LogP contribution in [0.25, 0.3) is 0 Å². The van der Waals surface area contributed by atoms with Crippen LogP contribution in [0.3, 0.4) is 0 Å². The van der Waals surface area contributed by atoms with Gasteiger partial charge in [0.1, 0.15) is 0 Å². The summed E-state index contributed by atoms with van der Waals surface area (Å²) in [4.78, 5) is 2.00. The van der Waals surface area contributed by atoms with E-state index in [0.29, 0.717) is 17.9 Å². The van der Waals surface area contributed by atoms with E-state index in [9.17, 15) is 5.11 Å². The van der Waals surface area contributed by atoms with Gasteiger partial charge in [-0.1, -0.05) is 0 Å². The molecule has 0 unspecified atom stereocenters. The summed E-state index contributed by atoms with van der Waals surface area (Å²) in [5.41, 5.74) is 7.22. The van der Waals surface area contributed by atoms with Crippen LogP contribution in [0.1, 0.15) is 17.2 Å². The first kappa shape index (κ1) is 13.8. The monoisotopic (exact) mass is 240 g/mol. The normalized spacial score (nSPS) is 12.8. The van der Waals surface area contributed by atoms with Crippen molar-refractivity contribution in [3.05, 3.63) is 23.3 Å². The van der Waals surface area contributed by atoms with Crippen molar-refractivity contribution in [1.29, 1.82) is 0 Å². The highest BCUT2D eigenvalue weighted by Crippen LogP contribution is 2.34. The fourth-order valence-electron chi connectivity index (χ4n) is 1.68. The molecule has 4 N–H and O–H groups in total. The van der Waals surface area contributed by atoms with Gasteiger partial charge in [-0.05, 0) is 31.8 Å². The van der Waals surface area contributed by atoms with Crippen molar-refractivity contribution in [2.45, 2.75) is 12.6 Å². The van der Waals surface area contributed by atoms with E-state index in [2.05, 4.69) is 0 Å². The van der Waals surface area contributed by atoms with Gasteiger partial charge >= 0.3 is 0 Å². The van der Waals surface area contributed by atoms with Crippen molar-refractivity contribution in [2.24, 2.45) is 5.73 Å². The van der Waals surface area contributed by atoms with Crippen LogP contribution >= 0.6 is 0 Å². The van der Waals surface area contributed by atoms with Crippen LogP contribution in [-0.4, -0.2) is 42.9 Å². The Labute approximate surface area is 101 Å². The molecule has 0 aliphatic carbocycles. The molecule has 1 aromatic rings. The summed E-state index contributed by atoms with van der Waals surface area (Å²) in [6, 6.07) is 2.95. The van der Waals surface area contributed by atoms with Crippen molar-refractivity contribution >= 4 is 0 Å². The minimum absolute atomic E-state index is 0.00319. The van der Waals surface area contributed by atoms with E-state index < -0.39 is 6.04 Å². The van der Waals surface area contributed by atoms with Crippen molar-refractivity contribution in [3.63, 3.8) is 0 Å². The number of hydrogen-bond acceptors (Lipinski definition) is 5. The number of ether oxygens (including phenoxy) is 1. The first-order chi connectivity index (χ1) is 7.99. The SMILES string of the molecule is COc1cc(CN(C)C)cc([C@@H](N)CO)c1O. The topological polar surface area (TPSA) is 79.0 Å². The van der Waals surface area contributed by atoms with Crippen molar-refractivity contribution < 1.29 is 14.9 Å². The van der Waals surface area contributed by atoms with Gasteiger partial charge in [0.2, 0.25) is 0 Å². The van der Waals surface area contributed by atoms with Crippen LogP contribution in [0.4, 0.5) is 0 Å². The average Bonchev–Trinajstić information content (AvgIpc) is 2.29. The van der Waals surface area contributed by atoms with Crippen LogP contribution in [0.2, 0.25) is 0 Å². The fraction of sp³-hybridized carbons (Fsp3) is 0.500. The highest BCUT2D eigenvalue weighted by Gasteiger charge is 2.16. The Balaban J connectivity index is 3.18. The highest BCUT2D eigenvalue weighted by atomic mass is 16.5. The summed E-state index contributed by atoms with van der Waals surface area (Å²) in [7, 11) is 5.39. The zero-order chi connectivity index (χ0) is 13.0. The van der Waals surface area contributed by atoms with Gasteiger partial charge in [-0.15, -0.1) is 0 Å². The van der Waals surface area contributed by atoms with E-state index in [0.717, 1.165) is 5.56 Å². The molecule has 0 radical (unpaired) electrons. The molecule has 0 heterocycles. The molecule has 0 saturated heterocycles. The summed E-state index contributed by atoms with van der Waals surface area (Å²) in [6.07, 6.45) is 0. The molecule has 17 heavy (non-hydrogen) atoms. The van der Waals surface area contributed by atoms with E-state index >= 15 is 0 Å². The molecule has 5 heteroatoms. The van der Waals surface area contributed by atoms with E-state index in [1.54, 1.807) is 12.1 Å². The lowest BCUT2D eigenvalue weighted by Gasteiger charge is -2.17. The smallest absolute Gasteiger partial charge is 0.162 e. The highest BCUT2D eigenvalue weighted by molar-refractivity contribution is 5.49. The van der Waals surface area contributed by atoms with E-state index in [1.165, 1.54) is 7.11 Å². The third-order valence-electron chi connectivity index (χ3n) is 2.48. The first-order valence-electron chi connectivity index (χ1n) is 5.40. The fourth-order valence-corrected chi connectivity index (χ4v) is 1.68. The predicted octanol–water partition coefficient (Wildman–Crippen LogP) is 0.454. The van der Waals surface area contributed by atoms with Crippen LogP contribution in [0.15, 0.2) is 12.1 Å². The number of aromatic hydroxyl groups is 1. The standard InChI is InChI=1S/C12H20N2O3/c1-14(2)6-8-4-9(10(13)7-15)12(16)11(5-8)17-3/h4-5,10,15-16H,6-7,13H2,1-3H3/t10-/m0/s1. The second kappa shape index (κ2) is 5.86. The van der Waals surface area contributed by atoms with Gasteiger partial charge in [-0.2, -0.15) is 0 Å². The molecule has 0 fully saturated rings. The van der Waals surface area contributed by atoms with Gasteiger partial charge in [0.05, 0.1) is 19.8 Å². The molecule has 0 saturated carbocycles. The maximum atomic E-state index is 9.92. The van der Waals surface area contributed by atoms with E-state index in [4.69, 9.17) is 15.6 Å². The quantitative estimate of drug-likeness (QED) is 0.696. The molecule has 0 amide bonds. The Morgan fingerprint density at radius 1 is 1.41 bits per heavy atom. The largest absolute Gasteiger partial charge is 0.504 e. The number of benzene rings is 1. The molecule has 5 nitrogen and oxygen atoms in total. The molecule has 0 aliphatic heterocycles. The van der Waals surface area contributed by atoms with Crippen LogP contribution in [0.5, 0.6) is 11.5 Å². The number of nitrogens with two attached hydrogens (primary N) is 1. The minimum Gasteiger partial charge on any atom is -0.504 e. The Kier molecular flexibility index (Phi) is 4.74. The maximum Gasteiger partial charge on any atom is 0.162 e. The number of methoxy groups -OCH3 is 1. The van der Waals surface area contributed by atoms with Gasteiger partial charge in [0.15, 0.2) is 11.5 Å². The number of aliphatic hydroxyl groups is 1. The van der Waals surface area contributed by atoms with Gasteiger partial charge in [0, 0.05) is 12.1 Å². The van der Waals surface area contributed by atoms with Crippen LogP contribution in [-0.2, 0) is 6.54 Å². The lowest BCUT2D eigenvalue weighted by atomic mass is 10.0. The number of nitrogens with zero attached hydrogens (tertiary/aromatic N) is 1. The zero-order valence-corrected chi connectivity index (χ0v) is 10.5. The third-order valence-corrected chi connectivity index (χ3v) is 2.48. The second-order valence-electron chi connectivity index (χ2n) is 4.26. The first-order valence-corrected chi connectivity index (χ1v) is 5.40. The second-order valence-corrected chi connectivity index (χ2v) is 4.26. The van der Waals surface area contributed by atoms with Gasteiger partial charge in [-0.3, -0.25) is 0 Å². The summed E-state index contributed by atoms with van der Waals surface area (Å²) in [5, 5.41) is 19.0. The van der Waals surface area contributed by atoms with Gasteiger partial charge < -0.3 is 25.6 Å². The Hall–Kier alpha value is -1.30. The number of hydrogen-bond donors (Lipinski definition) is 3. The van der Waals surface area contributed by atoms with Gasteiger partial charge in [0.25, 0.3) is 0 Å². The molecule has 0 spiro atoms. The molecule has 96 valence electrons. The summed E-state index contributed by atoms with van der Waals surface area (Å²) >= 11 is 0. The molecule has 1 rings (SSSR count). The van der Waals surface area contributed by atoms with Crippen LogP contribution in [0, 0.1) is 0 Å². The summed E-state index contributed by atoms with van der Waals surface area (Å²) in [6.45, 7) is 0.490. The Morgan fingerprint density at radius 2 is 2.06 bits per heavy atom.